The quantitative estimate of drug-likeness (QED) is 0.788. The number of nitrogens with one attached hydrogen (secondary N) is 1. The van der Waals surface area contributed by atoms with Crippen LogP contribution in [0.4, 0.5) is 5.82 Å². The molecule has 0 saturated heterocycles. The van der Waals surface area contributed by atoms with Crippen molar-refractivity contribution in [1.29, 1.82) is 0 Å². The highest BCUT2D eigenvalue weighted by Crippen LogP contribution is 2.37. The molecule has 0 radical (unpaired) electrons. The van der Waals surface area contributed by atoms with Crippen LogP contribution in [0.2, 0.25) is 0 Å². The lowest BCUT2D eigenvalue weighted by Gasteiger charge is -2.24. The van der Waals surface area contributed by atoms with E-state index in [0.29, 0.717) is 5.92 Å². The SMILES string of the molecule is CC(C)CNCc1ccnc(N(CC2CC2)C2CC2)c1. The van der Waals surface area contributed by atoms with Crippen molar-refractivity contribution in [3.8, 4) is 0 Å². The number of pyridine rings is 1. The van der Waals surface area contributed by atoms with E-state index in [0.717, 1.165) is 25.0 Å². The van der Waals surface area contributed by atoms with Gasteiger partial charge in [0, 0.05) is 25.3 Å². The van der Waals surface area contributed by atoms with Crippen molar-refractivity contribution in [3.05, 3.63) is 23.9 Å². The standard InChI is InChI=1S/C17H27N3/c1-13(2)10-18-11-15-7-8-19-17(9-15)20(16-5-6-16)12-14-3-4-14/h7-9,13-14,16,18H,3-6,10-12H2,1-2H3. The van der Waals surface area contributed by atoms with Crippen molar-refractivity contribution in [2.45, 2.75) is 52.1 Å². The van der Waals surface area contributed by atoms with Gasteiger partial charge >= 0.3 is 0 Å². The summed E-state index contributed by atoms with van der Waals surface area (Å²) in [7, 11) is 0. The Hall–Kier alpha value is -1.09. The first kappa shape index (κ1) is 13.9. The molecular weight excluding hydrogens is 246 g/mol. The molecule has 2 fully saturated rings. The summed E-state index contributed by atoms with van der Waals surface area (Å²) in [4.78, 5) is 7.18. The first-order valence-electron chi connectivity index (χ1n) is 8.14. The Kier molecular flexibility index (Phi) is 4.25. The fraction of sp³-hybridized carbons (Fsp3) is 0.706. The third-order valence-electron chi connectivity index (χ3n) is 4.13. The largest absolute Gasteiger partial charge is 0.353 e. The van der Waals surface area contributed by atoms with E-state index in [4.69, 9.17) is 0 Å². The van der Waals surface area contributed by atoms with Crippen molar-refractivity contribution < 1.29 is 0 Å². The van der Waals surface area contributed by atoms with Gasteiger partial charge in [-0.2, -0.15) is 0 Å². The molecule has 2 aliphatic carbocycles. The maximum Gasteiger partial charge on any atom is 0.129 e. The minimum Gasteiger partial charge on any atom is -0.353 e. The summed E-state index contributed by atoms with van der Waals surface area (Å²) in [6, 6.07) is 5.19. The van der Waals surface area contributed by atoms with Crippen LogP contribution in [0.15, 0.2) is 18.3 Å². The van der Waals surface area contributed by atoms with Gasteiger partial charge in [0.2, 0.25) is 0 Å². The smallest absolute Gasteiger partial charge is 0.129 e. The lowest BCUT2D eigenvalue weighted by atomic mass is 10.2. The second-order valence-corrected chi connectivity index (χ2v) is 6.87. The average Bonchev–Trinajstić information content (AvgIpc) is 3.28. The van der Waals surface area contributed by atoms with Gasteiger partial charge in [-0.3, -0.25) is 0 Å². The Bertz CT molecular complexity index is 436. The van der Waals surface area contributed by atoms with E-state index in [9.17, 15) is 0 Å². The molecule has 1 heterocycles. The van der Waals surface area contributed by atoms with Crippen molar-refractivity contribution >= 4 is 5.82 Å². The second kappa shape index (κ2) is 6.13. The Labute approximate surface area is 122 Å². The molecule has 1 aromatic rings. The molecule has 0 aliphatic heterocycles. The van der Waals surface area contributed by atoms with E-state index < -0.39 is 0 Å². The van der Waals surface area contributed by atoms with E-state index in [-0.39, 0.29) is 0 Å². The van der Waals surface area contributed by atoms with Crippen LogP contribution in [0.3, 0.4) is 0 Å². The normalized spacial score (nSPS) is 18.6. The Balaban J connectivity index is 1.62. The van der Waals surface area contributed by atoms with Crippen LogP contribution < -0.4 is 10.2 Å². The highest BCUT2D eigenvalue weighted by molar-refractivity contribution is 5.44. The predicted molar refractivity (Wildman–Crippen MR) is 83.9 cm³/mol. The van der Waals surface area contributed by atoms with Crippen LogP contribution >= 0.6 is 0 Å². The number of hydrogen-bond acceptors (Lipinski definition) is 3. The number of nitrogens with zero attached hydrogens (tertiary/aromatic N) is 2. The maximum absolute atomic E-state index is 4.62. The van der Waals surface area contributed by atoms with Crippen LogP contribution in [0.5, 0.6) is 0 Å². The molecule has 0 aromatic carbocycles. The second-order valence-electron chi connectivity index (χ2n) is 6.87. The predicted octanol–water partition coefficient (Wildman–Crippen LogP) is 3.21. The number of anilines is 1. The van der Waals surface area contributed by atoms with Gasteiger partial charge in [-0.15, -0.1) is 0 Å². The fourth-order valence-electron chi connectivity index (χ4n) is 2.63. The first-order chi connectivity index (χ1) is 9.72. The third-order valence-corrected chi connectivity index (χ3v) is 4.13. The Morgan fingerprint density at radius 2 is 2.10 bits per heavy atom. The summed E-state index contributed by atoms with van der Waals surface area (Å²) < 4.78 is 0. The molecule has 0 atom stereocenters. The zero-order valence-electron chi connectivity index (χ0n) is 12.8. The highest BCUT2D eigenvalue weighted by atomic mass is 15.2. The van der Waals surface area contributed by atoms with Gasteiger partial charge in [-0.1, -0.05) is 13.8 Å². The van der Waals surface area contributed by atoms with E-state index in [2.05, 4.69) is 41.2 Å². The lowest BCUT2D eigenvalue weighted by molar-refractivity contribution is 0.552. The number of aromatic nitrogens is 1. The minimum atomic E-state index is 0.703. The fourth-order valence-corrected chi connectivity index (χ4v) is 2.63. The molecule has 1 aromatic heterocycles. The van der Waals surface area contributed by atoms with Crippen molar-refractivity contribution in [1.82, 2.24) is 10.3 Å². The highest BCUT2D eigenvalue weighted by Gasteiger charge is 2.34. The summed E-state index contributed by atoms with van der Waals surface area (Å²) in [5, 5.41) is 3.52. The van der Waals surface area contributed by atoms with Gasteiger partial charge in [0.25, 0.3) is 0 Å². The lowest BCUT2D eigenvalue weighted by Crippen LogP contribution is -2.29. The Morgan fingerprint density at radius 1 is 1.30 bits per heavy atom. The van der Waals surface area contributed by atoms with Crippen LogP contribution in [-0.2, 0) is 6.54 Å². The third kappa shape index (κ3) is 3.95. The molecule has 3 rings (SSSR count). The zero-order valence-corrected chi connectivity index (χ0v) is 12.8. The number of rotatable bonds is 8. The van der Waals surface area contributed by atoms with Gasteiger partial charge in [0.1, 0.15) is 5.82 Å². The van der Waals surface area contributed by atoms with Gasteiger partial charge < -0.3 is 10.2 Å². The molecule has 0 bridgehead atoms. The van der Waals surface area contributed by atoms with E-state index in [1.807, 2.05) is 6.20 Å². The molecule has 1 N–H and O–H groups in total. The molecule has 3 nitrogen and oxygen atoms in total. The van der Waals surface area contributed by atoms with Gasteiger partial charge in [-0.25, -0.2) is 4.98 Å². The van der Waals surface area contributed by atoms with Crippen LogP contribution in [0.1, 0.15) is 45.1 Å². The summed E-state index contributed by atoms with van der Waals surface area (Å²) in [5.41, 5.74) is 1.36. The first-order valence-corrected chi connectivity index (χ1v) is 8.14. The topological polar surface area (TPSA) is 28.2 Å². The molecule has 2 aliphatic rings. The summed E-state index contributed by atoms with van der Waals surface area (Å²) in [6.07, 6.45) is 7.51. The number of hydrogen-bond donors (Lipinski definition) is 1. The molecular formula is C17H27N3. The van der Waals surface area contributed by atoms with Crippen molar-refractivity contribution in [3.63, 3.8) is 0 Å². The van der Waals surface area contributed by atoms with Crippen molar-refractivity contribution in [2.75, 3.05) is 18.0 Å². The maximum atomic E-state index is 4.62. The molecule has 2 saturated carbocycles. The molecule has 110 valence electrons. The summed E-state index contributed by atoms with van der Waals surface area (Å²) in [5.74, 6) is 2.83. The summed E-state index contributed by atoms with van der Waals surface area (Å²) in [6.45, 7) is 7.74. The van der Waals surface area contributed by atoms with Gasteiger partial charge in [-0.05, 0) is 61.8 Å². The average molecular weight is 273 g/mol. The molecule has 0 amide bonds. The van der Waals surface area contributed by atoms with Crippen LogP contribution in [-0.4, -0.2) is 24.1 Å². The molecule has 20 heavy (non-hydrogen) atoms. The molecule has 0 spiro atoms. The minimum absolute atomic E-state index is 0.703. The van der Waals surface area contributed by atoms with E-state index in [1.54, 1.807) is 0 Å². The van der Waals surface area contributed by atoms with Crippen molar-refractivity contribution in [2.24, 2.45) is 11.8 Å². The van der Waals surface area contributed by atoms with Crippen LogP contribution in [0.25, 0.3) is 0 Å². The van der Waals surface area contributed by atoms with E-state index >= 15 is 0 Å². The zero-order chi connectivity index (χ0) is 13.9. The van der Waals surface area contributed by atoms with Gasteiger partial charge in [0.15, 0.2) is 0 Å². The molecule has 0 unspecified atom stereocenters. The Morgan fingerprint density at radius 3 is 2.75 bits per heavy atom. The van der Waals surface area contributed by atoms with E-state index in [1.165, 1.54) is 43.6 Å². The summed E-state index contributed by atoms with van der Waals surface area (Å²) >= 11 is 0. The van der Waals surface area contributed by atoms with Crippen LogP contribution in [0, 0.1) is 11.8 Å². The molecule has 3 heteroatoms. The monoisotopic (exact) mass is 273 g/mol. The van der Waals surface area contributed by atoms with Gasteiger partial charge in [0.05, 0.1) is 0 Å².